The second kappa shape index (κ2) is 8.31. The van der Waals surface area contributed by atoms with E-state index in [-0.39, 0.29) is 0 Å². The summed E-state index contributed by atoms with van der Waals surface area (Å²) < 4.78 is 17.9. The Morgan fingerprint density at radius 1 is 1.00 bits per heavy atom. The fraction of sp³-hybridized carbons (Fsp3) is 0.286. The van der Waals surface area contributed by atoms with Crippen LogP contribution in [0.4, 0.5) is 4.79 Å². The van der Waals surface area contributed by atoms with Gasteiger partial charge in [-0.05, 0) is 43.5 Å². The predicted octanol–water partition coefficient (Wildman–Crippen LogP) is 5.43. The fourth-order valence-electron chi connectivity index (χ4n) is 2.94. The van der Waals surface area contributed by atoms with Crippen molar-refractivity contribution in [1.82, 2.24) is 4.90 Å². The van der Waals surface area contributed by atoms with Gasteiger partial charge in [-0.15, -0.1) is 11.3 Å². The molecule has 1 aromatic heterocycles. The lowest BCUT2D eigenvalue weighted by Gasteiger charge is -2.21. The molecule has 0 radical (unpaired) electrons. The summed E-state index contributed by atoms with van der Waals surface area (Å²) in [6, 6.07) is 14.0. The van der Waals surface area contributed by atoms with E-state index in [0.717, 1.165) is 15.8 Å². The van der Waals surface area contributed by atoms with Gasteiger partial charge in [0.05, 0.1) is 14.2 Å². The van der Waals surface area contributed by atoms with Crippen molar-refractivity contribution in [2.75, 3.05) is 27.3 Å². The quantitative estimate of drug-likeness (QED) is 0.568. The minimum Gasteiger partial charge on any atom is -0.493 e. The molecule has 1 heterocycles. The Bertz CT molecular complexity index is 914. The lowest BCUT2D eigenvalue weighted by molar-refractivity contribution is 0.155. The zero-order valence-corrected chi connectivity index (χ0v) is 16.8. The third-order valence-electron chi connectivity index (χ3n) is 4.40. The number of fused-ring (bicyclic) bond motifs is 1. The molecular formula is C21H23NO4S. The van der Waals surface area contributed by atoms with Crippen LogP contribution in [0.3, 0.4) is 0 Å². The normalized spacial score (nSPS) is 10.7. The molecule has 5 nitrogen and oxygen atoms in total. The predicted molar refractivity (Wildman–Crippen MR) is 109 cm³/mol. The Morgan fingerprint density at radius 3 is 2.37 bits per heavy atom. The van der Waals surface area contributed by atoms with E-state index in [1.165, 1.54) is 4.70 Å². The molecule has 2 aromatic carbocycles. The van der Waals surface area contributed by atoms with Gasteiger partial charge < -0.3 is 19.1 Å². The topological polar surface area (TPSA) is 48.0 Å². The minimum atomic E-state index is -0.408. The van der Waals surface area contributed by atoms with Crippen molar-refractivity contribution >= 4 is 27.5 Å². The Kier molecular flexibility index (Phi) is 5.86. The molecule has 0 saturated carbocycles. The van der Waals surface area contributed by atoms with Gasteiger partial charge in [0.25, 0.3) is 0 Å². The summed E-state index contributed by atoms with van der Waals surface area (Å²) in [6.45, 7) is 4.97. The van der Waals surface area contributed by atoms with Crippen molar-refractivity contribution in [3.8, 4) is 27.7 Å². The average Bonchev–Trinajstić information content (AvgIpc) is 3.12. The highest BCUT2D eigenvalue weighted by Crippen LogP contribution is 2.47. The van der Waals surface area contributed by atoms with E-state index in [0.29, 0.717) is 30.3 Å². The molecule has 3 aromatic rings. The van der Waals surface area contributed by atoms with E-state index in [9.17, 15) is 4.79 Å². The van der Waals surface area contributed by atoms with Crippen molar-refractivity contribution in [3.63, 3.8) is 0 Å². The maximum Gasteiger partial charge on any atom is 0.415 e. The van der Waals surface area contributed by atoms with Crippen LogP contribution in [-0.4, -0.2) is 38.3 Å². The SMILES string of the molecule is CCN(CC)C(=O)Oc1c(-c2cc3ccccc3s2)ccc(OC)c1OC. The summed E-state index contributed by atoms with van der Waals surface area (Å²) in [6.07, 6.45) is -0.408. The van der Waals surface area contributed by atoms with Gasteiger partial charge >= 0.3 is 6.09 Å². The van der Waals surface area contributed by atoms with Gasteiger partial charge in [-0.3, -0.25) is 0 Å². The van der Waals surface area contributed by atoms with E-state index in [2.05, 4.69) is 18.2 Å². The lowest BCUT2D eigenvalue weighted by Crippen LogP contribution is -2.33. The summed E-state index contributed by atoms with van der Waals surface area (Å²) in [5, 5.41) is 1.15. The van der Waals surface area contributed by atoms with E-state index in [1.54, 1.807) is 30.5 Å². The molecule has 142 valence electrons. The van der Waals surface area contributed by atoms with Crippen LogP contribution in [0.15, 0.2) is 42.5 Å². The molecule has 3 rings (SSSR count). The number of thiophene rings is 1. The number of methoxy groups -OCH3 is 2. The molecule has 0 saturated heterocycles. The molecule has 0 unspecified atom stereocenters. The van der Waals surface area contributed by atoms with Gasteiger partial charge in [0.1, 0.15) is 0 Å². The van der Waals surface area contributed by atoms with Gasteiger partial charge in [-0.2, -0.15) is 0 Å². The Labute approximate surface area is 163 Å². The Morgan fingerprint density at radius 2 is 1.74 bits per heavy atom. The van der Waals surface area contributed by atoms with Crippen molar-refractivity contribution < 1.29 is 19.0 Å². The zero-order valence-electron chi connectivity index (χ0n) is 15.9. The molecule has 0 fully saturated rings. The van der Waals surface area contributed by atoms with Crippen molar-refractivity contribution in [2.24, 2.45) is 0 Å². The molecular weight excluding hydrogens is 362 g/mol. The van der Waals surface area contributed by atoms with Crippen molar-refractivity contribution in [3.05, 3.63) is 42.5 Å². The van der Waals surface area contributed by atoms with Crippen LogP contribution in [0.5, 0.6) is 17.2 Å². The van der Waals surface area contributed by atoms with Crippen LogP contribution < -0.4 is 14.2 Å². The van der Waals surface area contributed by atoms with Crippen LogP contribution in [-0.2, 0) is 0 Å². The minimum absolute atomic E-state index is 0.375. The highest BCUT2D eigenvalue weighted by molar-refractivity contribution is 7.22. The monoisotopic (exact) mass is 385 g/mol. The number of carbonyl (C=O) groups excluding carboxylic acids is 1. The maximum absolute atomic E-state index is 12.6. The number of ether oxygens (including phenoxy) is 3. The second-order valence-corrected chi connectivity index (χ2v) is 6.95. The van der Waals surface area contributed by atoms with Crippen molar-refractivity contribution in [1.29, 1.82) is 0 Å². The van der Waals surface area contributed by atoms with E-state index in [1.807, 2.05) is 38.1 Å². The summed E-state index contributed by atoms with van der Waals surface area (Å²) in [5.74, 6) is 1.30. The molecule has 0 N–H and O–H groups in total. The highest BCUT2D eigenvalue weighted by Gasteiger charge is 2.23. The number of nitrogens with zero attached hydrogens (tertiary/aromatic N) is 1. The van der Waals surface area contributed by atoms with E-state index < -0.39 is 6.09 Å². The number of hydrogen-bond donors (Lipinski definition) is 0. The average molecular weight is 385 g/mol. The van der Waals surface area contributed by atoms with Gasteiger partial charge in [-0.25, -0.2) is 4.79 Å². The zero-order chi connectivity index (χ0) is 19.4. The number of hydrogen-bond acceptors (Lipinski definition) is 5. The van der Waals surface area contributed by atoms with Crippen LogP contribution in [0, 0.1) is 0 Å². The standard InChI is InChI=1S/C21H23NO4S/c1-5-22(6-2)21(23)26-19-15(11-12-16(24-3)20(19)25-4)18-13-14-9-7-8-10-17(14)27-18/h7-13H,5-6H2,1-4H3. The van der Waals surface area contributed by atoms with Crippen molar-refractivity contribution in [2.45, 2.75) is 13.8 Å². The first kappa shape index (κ1) is 19.0. The summed E-state index contributed by atoms with van der Waals surface area (Å²) in [4.78, 5) is 15.2. The summed E-state index contributed by atoms with van der Waals surface area (Å²) in [7, 11) is 3.11. The summed E-state index contributed by atoms with van der Waals surface area (Å²) in [5.41, 5.74) is 0.800. The van der Waals surface area contributed by atoms with Gasteiger partial charge in [0.15, 0.2) is 11.5 Å². The molecule has 0 aliphatic rings. The molecule has 27 heavy (non-hydrogen) atoms. The molecule has 0 atom stereocenters. The lowest BCUT2D eigenvalue weighted by atomic mass is 10.1. The fourth-order valence-corrected chi connectivity index (χ4v) is 4.03. The number of amides is 1. The van der Waals surface area contributed by atoms with Crippen LogP contribution >= 0.6 is 11.3 Å². The van der Waals surface area contributed by atoms with Gasteiger partial charge in [0, 0.05) is 28.2 Å². The molecule has 1 amide bonds. The second-order valence-electron chi connectivity index (χ2n) is 5.87. The highest BCUT2D eigenvalue weighted by atomic mass is 32.1. The first-order valence-electron chi connectivity index (χ1n) is 8.83. The van der Waals surface area contributed by atoms with Crippen LogP contribution in [0.1, 0.15) is 13.8 Å². The number of benzene rings is 2. The molecule has 0 aliphatic carbocycles. The van der Waals surface area contributed by atoms with E-state index in [4.69, 9.17) is 14.2 Å². The molecule has 0 aliphatic heterocycles. The van der Waals surface area contributed by atoms with Crippen LogP contribution in [0.2, 0.25) is 0 Å². The molecule has 0 bridgehead atoms. The smallest absolute Gasteiger partial charge is 0.415 e. The number of carbonyl (C=O) groups is 1. The third kappa shape index (κ3) is 3.71. The maximum atomic E-state index is 12.6. The number of rotatable bonds is 6. The largest absolute Gasteiger partial charge is 0.493 e. The Balaban J connectivity index is 2.13. The Hall–Kier alpha value is -2.73. The van der Waals surface area contributed by atoms with Gasteiger partial charge in [0.2, 0.25) is 5.75 Å². The third-order valence-corrected chi connectivity index (χ3v) is 5.55. The van der Waals surface area contributed by atoms with Gasteiger partial charge in [-0.1, -0.05) is 18.2 Å². The first-order chi connectivity index (χ1) is 13.1. The molecule has 0 spiro atoms. The molecule has 6 heteroatoms. The first-order valence-corrected chi connectivity index (χ1v) is 9.65. The van der Waals surface area contributed by atoms with Crippen LogP contribution in [0.25, 0.3) is 20.5 Å². The van der Waals surface area contributed by atoms with E-state index >= 15 is 0 Å². The summed E-state index contributed by atoms with van der Waals surface area (Å²) >= 11 is 1.64.